The second kappa shape index (κ2) is 6.89. The molecule has 1 aliphatic rings. The van der Waals surface area contributed by atoms with E-state index >= 15 is 0 Å². The van der Waals surface area contributed by atoms with Crippen LogP contribution in [0.2, 0.25) is 0 Å². The second-order valence-corrected chi connectivity index (χ2v) is 5.34. The molecule has 0 aliphatic carbocycles. The Bertz CT molecular complexity index is 397. The summed E-state index contributed by atoms with van der Waals surface area (Å²) in [7, 11) is 3.88. The van der Waals surface area contributed by atoms with E-state index in [4.69, 9.17) is 10.5 Å². The Hall–Kier alpha value is -1.10. The Morgan fingerprint density at radius 3 is 2.89 bits per heavy atom. The van der Waals surface area contributed by atoms with Crippen LogP contribution in [0.3, 0.4) is 0 Å². The number of benzene rings is 1. The van der Waals surface area contributed by atoms with Gasteiger partial charge >= 0.3 is 0 Å². The Balaban J connectivity index is 1.93. The van der Waals surface area contributed by atoms with Crippen LogP contribution in [0.1, 0.15) is 18.0 Å². The van der Waals surface area contributed by atoms with Crippen LogP contribution in [-0.2, 0) is 0 Å². The summed E-state index contributed by atoms with van der Waals surface area (Å²) >= 11 is 0. The van der Waals surface area contributed by atoms with Gasteiger partial charge in [-0.05, 0) is 44.3 Å². The normalized spacial score (nSPS) is 19.9. The predicted molar refractivity (Wildman–Crippen MR) is 78.5 cm³/mol. The second-order valence-electron chi connectivity index (χ2n) is 5.34. The van der Waals surface area contributed by atoms with Gasteiger partial charge in [0.1, 0.15) is 5.75 Å². The number of rotatable bonds is 4. The standard InChI is InChI=1S/C15H25N3O/c1-17-7-4-8-18(10-9-17)12-15(16)13-5-3-6-14(11-13)19-2/h3,5-6,11,15H,4,7-10,12,16H2,1-2H3. The molecule has 0 spiro atoms. The largest absolute Gasteiger partial charge is 0.497 e. The van der Waals surface area contributed by atoms with Gasteiger partial charge in [-0.25, -0.2) is 0 Å². The van der Waals surface area contributed by atoms with Gasteiger partial charge in [0.2, 0.25) is 0 Å². The molecule has 1 atom stereocenters. The van der Waals surface area contributed by atoms with Gasteiger partial charge in [0.25, 0.3) is 0 Å². The van der Waals surface area contributed by atoms with Crippen molar-refractivity contribution in [2.75, 3.05) is 46.9 Å². The first-order valence-corrected chi connectivity index (χ1v) is 6.99. The fraction of sp³-hybridized carbons (Fsp3) is 0.600. The minimum Gasteiger partial charge on any atom is -0.497 e. The van der Waals surface area contributed by atoms with Gasteiger partial charge in [-0.3, -0.25) is 0 Å². The zero-order valence-electron chi connectivity index (χ0n) is 12.0. The molecule has 2 N–H and O–H groups in total. The number of hydrogen-bond acceptors (Lipinski definition) is 4. The van der Waals surface area contributed by atoms with Crippen molar-refractivity contribution < 1.29 is 4.74 Å². The summed E-state index contributed by atoms with van der Waals surface area (Å²) in [5.41, 5.74) is 7.47. The SMILES string of the molecule is COc1cccc(C(N)CN2CCCN(C)CC2)c1. The van der Waals surface area contributed by atoms with E-state index in [0.29, 0.717) is 0 Å². The lowest BCUT2D eigenvalue weighted by atomic mass is 10.1. The molecule has 4 heteroatoms. The first kappa shape index (κ1) is 14.3. The van der Waals surface area contributed by atoms with Crippen molar-refractivity contribution >= 4 is 0 Å². The van der Waals surface area contributed by atoms with Crippen LogP contribution >= 0.6 is 0 Å². The molecule has 2 rings (SSSR count). The molecular formula is C15H25N3O. The number of nitrogens with zero attached hydrogens (tertiary/aromatic N) is 2. The van der Waals surface area contributed by atoms with Crippen molar-refractivity contribution in [2.24, 2.45) is 5.73 Å². The smallest absolute Gasteiger partial charge is 0.119 e. The number of hydrogen-bond donors (Lipinski definition) is 1. The highest BCUT2D eigenvalue weighted by molar-refractivity contribution is 5.30. The van der Waals surface area contributed by atoms with Crippen molar-refractivity contribution in [3.05, 3.63) is 29.8 Å². The van der Waals surface area contributed by atoms with E-state index in [9.17, 15) is 0 Å². The fourth-order valence-electron chi connectivity index (χ4n) is 2.54. The quantitative estimate of drug-likeness (QED) is 0.890. The third kappa shape index (κ3) is 4.20. The Kier molecular flexibility index (Phi) is 5.19. The van der Waals surface area contributed by atoms with Gasteiger partial charge in [0, 0.05) is 25.7 Å². The highest BCUT2D eigenvalue weighted by Crippen LogP contribution is 2.18. The van der Waals surface area contributed by atoms with E-state index in [1.165, 1.54) is 13.0 Å². The number of nitrogens with two attached hydrogens (primary N) is 1. The third-order valence-corrected chi connectivity index (χ3v) is 3.79. The molecule has 1 fully saturated rings. The number of ether oxygens (including phenoxy) is 1. The summed E-state index contributed by atoms with van der Waals surface area (Å²) in [6.45, 7) is 5.48. The number of methoxy groups -OCH3 is 1. The van der Waals surface area contributed by atoms with Gasteiger partial charge in [-0.1, -0.05) is 12.1 Å². The lowest BCUT2D eigenvalue weighted by Gasteiger charge is -2.24. The van der Waals surface area contributed by atoms with Crippen molar-refractivity contribution in [1.82, 2.24) is 9.80 Å². The van der Waals surface area contributed by atoms with Crippen LogP contribution < -0.4 is 10.5 Å². The van der Waals surface area contributed by atoms with Crippen molar-refractivity contribution in [2.45, 2.75) is 12.5 Å². The maximum atomic E-state index is 6.32. The van der Waals surface area contributed by atoms with Gasteiger partial charge < -0.3 is 20.3 Å². The van der Waals surface area contributed by atoms with Gasteiger partial charge in [0.05, 0.1) is 7.11 Å². The first-order valence-electron chi connectivity index (χ1n) is 6.99. The van der Waals surface area contributed by atoms with Gasteiger partial charge in [0.15, 0.2) is 0 Å². The summed E-state index contributed by atoms with van der Waals surface area (Å²) < 4.78 is 5.25. The highest BCUT2D eigenvalue weighted by atomic mass is 16.5. The molecule has 1 aromatic rings. The van der Waals surface area contributed by atoms with Gasteiger partial charge in [-0.15, -0.1) is 0 Å². The van der Waals surface area contributed by atoms with Crippen molar-refractivity contribution in [1.29, 1.82) is 0 Å². The van der Waals surface area contributed by atoms with Crippen molar-refractivity contribution in [3.8, 4) is 5.75 Å². The van der Waals surface area contributed by atoms with Crippen LogP contribution in [0.15, 0.2) is 24.3 Å². The van der Waals surface area contributed by atoms with E-state index in [0.717, 1.165) is 37.5 Å². The topological polar surface area (TPSA) is 41.7 Å². The average molecular weight is 263 g/mol. The molecule has 19 heavy (non-hydrogen) atoms. The highest BCUT2D eigenvalue weighted by Gasteiger charge is 2.16. The summed E-state index contributed by atoms with van der Waals surface area (Å²) in [5.74, 6) is 0.878. The molecule has 0 aromatic heterocycles. The third-order valence-electron chi connectivity index (χ3n) is 3.79. The average Bonchev–Trinajstić information content (AvgIpc) is 2.64. The van der Waals surface area contributed by atoms with Crippen LogP contribution in [0.5, 0.6) is 5.75 Å². The molecule has 0 radical (unpaired) electrons. The Morgan fingerprint density at radius 2 is 2.11 bits per heavy atom. The monoisotopic (exact) mass is 263 g/mol. The summed E-state index contributed by atoms with van der Waals surface area (Å²) in [5, 5.41) is 0. The molecule has 0 bridgehead atoms. The maximum absolute atomic E-state index is 6.32. The molecule has 0 saturated carbocycles. The fourth-order valence-corrected chi connectivity index (χ4v) is 2.54. The molecule has 1 heterocycles. The molecular weight excluding hydrogens is 238 g/mol. The summed E-state index contributed by atoms with van der Waals surface area (Å²) in [6, 6.07) is 8.13. The van der Waals surface area contributed by atoms with E-state index in [-0.39, 0.29) is 6.04 Å². The van der Waals surface area contributed by atoms with Crippen LogP contribution in [-0.4, -0.2) is 56.7 Å². The molecule has 1 unspecified atom stereocenters. The number of likely N-dealkylation sites (N-methyl/N-ethyl adjacent to an activating group) is 1. The molecule has 1 saturated heterocycles. The van der Waals surface area contributed by atoms with Crippen LogP contribution in [0.4, 0.5) is 0 Å². The first-order chi connectivity index (χ1) is 9.19. The summed E-state index contributed by atoms with van der Waals surface area (Å²) in [6.07, 6.45) is 1.22. The maximum Gasteiger partial charge on any atom is 0.119 e. The van der Waals surface area contributed by atoms with Crippen LogP contribution in [0, 0.1) is 0 Å². The lowest BCUT2D eigenvalue weighted by Crippen LogP contribution is -2.35. The van der Waals surface area contributed by atoms with E-state index < -0.39 is 0 Å². The zero-order valence-corrected chi connectivity index (χ0v) is 12.0. The predicted octanol–water partition coefficient (Wildman–Crippen LogP) is 1.33. The van der Waals surface area contributed by atoms with E-state index in [1.54, 1.807) is 7.11 Å². The van der Waals surface area contributed by atoms with E-state index in [2.05, 4.69) is 22.9 Å². The van der Waals surface area contributed by atoms with Crippen molar-refractivity contribution in [3.63, 3.8) is 0 Å². The molecule has 4 nitrogen and oxygen atoms in total. The Morgan fingerprint density at radius 1 is 1.26 bits per heavy atom. The minimum atomic E-state index is 0.0542. The molecule has 106 valence electrons. The lowest BCUT2D eigenvalue weighted by molar-refractivity contribution is 0.261. The van der Waals surface area contributed by atoms with E-state index in [1.807, 2.05) is 18.2 Å². The van der Waals surface area contributed by atoms with Crippen LogP contribution in [0.25, 0.3) is 0 Å². The molecule has 1 aliphatic heterocycles. The molecule has 0 amide bonds. The molecule has 1 aromatic carbocycles. The summed E-state index contributed by atoms with van der Waals surface area (Å²) in [4.78, 5) is 4.85. The zero-order chi connectivity index (χ0) is 13.7. The Labute approximate surface area is 116 Å². The minimum absolute atomic E-state index is 0.0542. The van der Waals surface area contributed by atoms with Gasteiger partial charge in [-0.2, -0.15) is 0 Å².